The average molecular weight is 427 g/mol. The molecule has 1 aromatic carbocycles. The Labute approximate surface area is 184 Å². The molecule has 1 aromatic rings. The number of benzene rings is 1. The number of aryl methyl sites for hydroxylation is 1. The fraction of sp³-hybridized carbons (Fsp3) is 0.625. The van der Waals surface area contributed by atoms with Crippen LogP contribution < -0.4 is 5.32 Å². The van der Waals surface area contributed by atoms with Gasteiger partial charge in [0.05, 0.1) is 5.41 Å². The molecule has 2 atom stereocenters. The van der Waals surface area contributed by atoms with Crippen LogP contribution in [0.5, 0.6) is 0 Å². The van der Waals surface area contributed by atoms with E-state index in [1.807, 2.05) is 39.0 Å². The minimum absolute atomic E-state index is 0.0232. The Morgan fingerprint density at radius 1 is 0.968 bits per heavy atom. The van der Waals surface area contributed by atoms with E-state index in [1.54, 1.807) is 6.92 Å². The molecular weight excluding hydrogens is 392 g/mol. The standard InChI is InChI=1S/C24H34N4O3/c1-3-19-6-8-20(9-7-19)25-23(31)27-15-10-21-24(11-16-27,12-17-28(21)18(2)29)22(30)26-13-4-5-14-26/h6-9,21H,3-5,10-17H2,1-2H3,(H,25,31)/t21-,24+/m1/s1. The van der Waals surface area contributed by atoms with Crippen LogP contribution in [0.4, 0.5) is 10.5 Å². The van der Waals surface area contributed by atoms with Crippen molar-refractivity contribution in [2.24, 2.45) is 5.41 Å². The van der Waals surface area contributed by atoms with Gasteiger partial charge in [-0.05, 0) is 56.2 Å². The number of fused-ring (bicyclic) bond motifs is 1. The number of amides is 4. The Bertz CT molecular complexity index is 834. The SMILES string of the molecule is CCc1ccc(NC(=O)N2CC[C@H]3N(C(C)=O)CC[C@@]3(C(=O)N3CCCC3)CC2)cc1. The van der Waals surface area contributed by atoms with E-state index in [0.717, 1.165) is 38.0 Å². The van der Waals surface area contributed by atoms with Gasteiger partial charge in [0.25, 0.3) is 0 Å². The van der Waals surface area contributed by atoms with Gasteiger partial charge in [-0.15, -0.1) is 0 Å². The van der Waals surface area contributed by atoms with E-state index < -0.39 is 5.41 Å². The molecule has 168 valence electrons. The van der Waals surface area contributed by atoms with Crippen LogP contribution in [0.15, 0.2) is 24.3 Å². The number of rotatable bonds is 3. The summed E-state index contributed by atoms with van der Waals surface area (Å²) in [6.45, 7) is 7.02. The Morgan fingerprint density at radius 3 is 2.29 bits per heavy atom. The van der Waals surface area contributed by atoms with Gasteiger partial charge in [0.15, 0.2) is 0 Å². The second kappa shape index (κ2) is 8.89. The van der Waals surface area contributed by atoms with Crippen molar-refractivity contribution >= 4 is 23.5 Å². The van der Waals surface area contributed by atoms with Gasteiger partial charge in [-0.2, -0.15) is 0 Å². The highest BCUT2D eigenvalue weighted by molar-refractivity contribution is 5.90. The van der Waals surface area contributed by atoms with Crippen LogP contribution >= 0.6 is 0 Å². The predicted molar refractivity (Wildman–Crippen MR) is 120 cm³/mol. The third-order valence-electron chi connectivity index (χ3n) is 7.44. The second-order valence-corrected chi connectivity index (χ2v) is 9.14. The Balaban J connectivity index is 1.50. The summed E-state index contributed by atoms with van der Waals surface area (Å²) >= 11 is 0. The van der Waals surface area contributed by atoms with Crippen molar-refractivity contribution in [3.05, 3.63) is 29.8 Å². The summed E-state index contributed by atoms with van der Waals surface area (Å²) in [4.78, 5) is 44.6. The minimum atomic E-state index is -0.562. The molecule has 3 saturated heterocycles. The van der Waals surface area contributed by atoms with Gasteiger partial charge in [-0.1, -0.05) is 19.1 Å². The molecule has 0 saturated carbocycles. The molecule has 7 nitrogen and oxygen atoms in total. The van der Waals surface area contributed by atoms with Crippen LogP contribution in [0.2, 0.25) is 0 Å². The first-order chi connectivity index (χ1) is 14.9. The Kier molecular flexibility index (Phi) is 6.21. The summed E-state index contributed by atoms with van der Waals surface area (Å²) in [6, 6.07) is 7.65. The first-order valence-corrected chi connectivity index (χ1v) is 11.7. The summed E-state index contributed by atoms with van der Waals surface area (Å²) in [5.41, 5.74) is 1.44. The number of urea groups is 1. The Morgan fingerprint density at radius 2 is 1.65 bits per heavy atom. The fourth-order valence-corrected chi connectivity index (χ4v) is 5.59. The van der Waals surface area contributed by atoms with Crippen LogP contribution in [0.1, 0.15) is 51.5 Å². The van der Waals surface area contributed by atoms with Crippen molar-refractivity contribution in [3.63, 3.8) is 0 Å². The number of carbonyl (C=O) groups is 3. The molecule has 0 spiro atoms. The molecule has 4 amide bonds. The van der Waals surface area contributed by atoms with E-state index in [-0.39, 0.29) is 23.9 Å². The summed E-state index contributed by atoms with van der Waals surface area (Å²) in [5.74, 6) is 0.214. The van der Waals surface area contributed by atoms with Crippen molar-refractivity contribution in [1.29, 1.82) is 0 Å². The van der Waals surface area contributed by atoms with Gasteiger partial charge in [0.1, 0.15) is 0 Å². The van der Waals surface area contributed by atoms with Gasteiger partial charge < -0.3 is 20.0 Å². The molecule has 3 aliphatic heterocycles. The predicted octanol–water partition coefficient (Wildman–Crippen LogP) is 3.11. The lowest BCUT2D eigenvalue weighted by Crippen LogP contribution is -2.51. The lowest BCUT2D eigenvalue weighted by Gasteiger charge is -2.37. The van der Waals surface area contributed by atoms with Crippen molar-refractivity contribution < 1.29 is 14.4 Å². The molecule has 0 unspecified atom stereocenters. The number of nitrogens with one attached hydrogen (secondary N) is 1. The van der Waals surface area contributed by atoms with Crippen LogP contribution in [-0.4, -0.2) is 71.3 Å². The van der Waals surface area contributed by atoms with E-state index >= 15 is 0 Å². The molecule has 7 heteroatoms. The zero-order valence-corrected chi connectivity index (χ0v) is 18.7. The largest absolute Gasteiger partial charge is 0.342 e. The first kappa shape index (κ1) is 21.7. The van der Waals surface area contributed by atoms with Crippen LogP contribution in [0, 0.1) is 5.41 Å². The maximum Gasteiger partial charge on any atom is 0.321 e. The second-order valence-electron chi connectivity index (χ2n) is 9.14. The van der Waals surface area contributed by atoms with E-state index in [4.69, 9.17) is 0 Å². The third kappa shape index (κ3) is 4.14. The molecule has 0 aliphatic carbocycles. The first-order valence-electron chi connectivity index (χ1n) is 11.7. The molecule has 3 aliphatic rings. The zero-order valence-electron chi connectivity index (χ0n) is 18.7. The number of likely N-dealkylation sites (tertiary alicyclic amines) is 3. The normalized spacial score (nSPS) is 25.9. The van der Waals surface area contributed by atoms with Crippen molar-refractivity contribution in [1.82, 2.24) is 14.7 Å². The van der Waals surface area contributed by atoms with Gasteiger partial charge in [-0.3, -0.25) is 9.59 Å². The van der Waals surface area contributed by atoms with Crippen molar-refractivity contribution in [2.75, 3.05) is 38.0 Å². The third-order valence-corrected chi connectivity index (χ3v) is 7.44. The molecule has 0 radical (unpaired) electrons. The number of carbonyl (C=O) groups excluding carboxylic acids is 3. The van der Waals surface area contributed by atoms with Crippen LogP contribution in [0.3, 0.4) is 0 Å². The smallest absolute Gasteiger partial charge is 0.321 e. The number of nitrogens with zero attached hydrogens (tertiary/aromatic N) is 3. The van der Waals surface area contributed by atoms with E-state index in [2.05, 4.69) is 12.2 Å². The number of hydrogen-bond donors (Lipinski definition) is 1. The molecule has 1 N–H and O–H groups in total. The lowest BCUT2D eigenvalue weighted by molar-refractivity contribution is -0.144. The van der Waals surface area contributed by atoms with Crippen LogP contribution in [0.25, 0.3) is 0 Å². The highest BCUT2D eigenvalue weighted by Crippen LogP contribution is 2.45. The van der Waals surface area contributed by atoms with Gasteiger partial charge in [-0.25, -0.2) is 4.79 Å². The van der Waals surface area contributed by atoms with Gasteiger partial charge >= 0.3 is 6.03 Å². The summed E-state index contributed by atoms with van der Waals surface area (Å²) in [5, 5.41) is 3.00. The van der Waals surface area contributed by atoms with E-state index in [9.17, 15) is 14.4 Å². The topological polar surface area (TPSA) is 73.0 Å². The molecule has 3 fully saturated rings. The molecule has 0 aromatic heterocycles. The highest BCUT2D eigenvalue weighted by atomic mass is 16.2. The van der Waals surface area contributed by atoms with Crippen molar-refractivity contribution in [3.8, 4) is 0 Å². The van der Waals surface area contributed by atoms with Gasteiger partial charge in [0.2, 0.25) is 11.8 Å². The molecule has 4 rings (SSSR count). The summed E-state index contributed by atoms with van der Waals surface area (Å²) < 4.78 is 0. The fourth-order valence-electron chi connectivity index (χ4n) is 5.59. The molecule has 31 heavy (non-hydrogen) atoms. The summed E-state index contributed by atoms with van der Waals surface area (Å²) in [6.07, 6.45) is 5.00. The Hall–Kier alpha value is -2.57. The van der Waals surface area contributed by atoms with E-state index in [0.29, 0.717) is 38.9 Å². The minimum Gasteiger partial charge on any atom is -0.342 e. The molecular formula is C24H34N4O3. The average Bonchev–Trinajstić information content (AvgIpc) is 3.39. The van der Waals surface area contributed by atoms with Gasteiger partial charge in [0, 0.05) is 51.4 Å². The van der Waals surface area contributed by atoms with Crippen LogP contribution in [-0.2, 0) is 16.0 Å². The summed E-state index contributed by atoms with van der Waals surface area (Å²) in [7, 11) is 0. The monoisotopic (exact) mass is 426 g/mol. The quantitative estimate of drug-likeness (QED) is 0.807. The maximum atomic E-state index is 13.6. The lowest BCUT2D eigenvalue weighted by atomic mass is 9.75. The highest BCUT2D eigenvalue weighted by Gasteiger charge is 2.55. The maximum absolute atomic E-state index is 13.6. The number of anilines is 1. The van der Waals surface area contributed by atoms with Crippen molar-refractivity contribution in [2.45, 2.75) is 58.4 Å². The van der Waals surface area contributed by atoms with E-state index in [1.165, 1.54) is 5.56 Å². The number of hydrogen-bond acceptors (Lipinski definition) is 3. The zero-order chi connectivity index (χ0) is 22.0. The molecule has 0 bridgehead atoms. The molecule has 3 heterocycles.